The number of aromatic amines is 1. The fourth-order valence-corrected chi connectivity index (χ4v) is 3.72. The third-order valence-corrected chi connectivity index (χ3v) is 5.49. The summed E-state index contributed by atoms with van der Waals surface area (Å²) < 4.78 is 11.8. The number of nitrogens with two attached hydrogens (primary N) is 1. The predicted molar refractivity (Wildman–Crippen MR) is 123 cm³/mol. The van der Waals surface area contributed by atoms with Crippen LogP contribution in [-0.4, -0.2) is 61.0 Å². The molecular weight excluding hydrogens is 431 g/mol. The van der Waals surface area contributed by atoms with E-state index in [0.29, 0.717) is 51.2 Å². The first-order chi connectivity index (χ1) is 15.3. The number of hydrogen-bond donors (Lipinski definition) is 5. The van der Waals surface area contributed by atoms with Gasteiger partial charge in [0, 0.05) is 26.0 Å². The summed E-state index contributed by atoms with van der Waals surface area (Å²) >= 11 is -1.67. The first-order valence-corrected chi connectivity index (χ1v) is 10.8. The van der Waals surface area contributed by atoms with E-state index >= 15 is 0 Å². The lowest BCUT2D eigenvalue weighted by atomic mass is 9.80. The summed E-state index contributed by atoms with van der Waals surface area (Å²) in [4.78, 5) is 15.6. The third-order valence-electron chi connectivity index (χ3n) is 4.71. The molecule has 0 saturated heterocycles. The molecular formula is C19H21BN8O3S. The Kier molecular flexibility index (Phi) is 6.25. The number of H-pyrrole nitrogens is 1. The summed E-state index contributed by atoms with van der Waals surface area (Å²) in [6, 6.07) is 12.1. The van der Waals surface area contributed by atoms with Gasteiger partial charge in [-0.2, -0.15) is 20.1 Å². The Morgan fingerprint density at radius 2 is 1.94 bits per heavy atom. The quantitative estimate of drug-likeness (QED) is 0.186. The lowest BCUT2D eigenvalue weighted by Gasteiger charge is -2.13. The van der Waals surface area contributed by atoms with Gasteiger partial charge in [-0.1, -0.05) is 36.4 Å². The van der Waals surface area contributed by atoms with Gasteiger partial charge in [0.1, 0.15) is 11.2 Å². The highest BCUT2D eigenvalue weighted by molar-refractivity contribution is 7.89. The molecule has 0 saturated carbocycles. The Labute approximate surface area is 187 Å². The average Bonchev–Trinajstić information content (AvgIpc) is 3.21. The zero-order valence-electron chi connectivity index (χ0n) is 17.4. The molecule has 0 spiro atoms. The molecule has 2 aromatic heterocycles. The standard InChI is InChI=1S/C19H21BN8O3S/c1-28(2)19-24-17(16-13-7-4-8-14(32(21)31)15(13)26-27-16)23-18(25-19)22-10-11-5-3-6-12(9-11)20(29)30/h3-9,29-30H,10,21H2,1-2H3,(H,26,27)(H,22,23,24,25). The monoisotopic (exact) mass is 452 g/mol. The largest absolute Gasteiger partial charge is 0.593 e. The summed E-state index contributed by atoms with van der Waals surface area (Å²) in [6.45, 7) is 0.356. The number of anilines is 2. The molecule has 4 aromatic rings. The molecule has 11 nitrogen and oxygen atoms in total. The average molecular weight is 452 g/mol. The number of nitrogens with zero attached hydrogens (tertiary/aromatic N) is 5. The van der Waals surface area contributed by atoms with Crippen LogP contribution in [0.2, 0.25) is 0 Å². The van der Waals surface area contributed by atoms with E-state index < -0.39 is 18.5 Å². The summed E-state index contributed by atoms with van der Waals surface area (Å²) in [7, 11) is 2.08. The van der Waals surface area contributed by atoms with Crippen molar-refractivity contribution in [3.63, 3.8) is 0 Å². The number of fused-ring (bicyclic) bond motifs is 1. The van der Waals surface area contributed by atoms with Crippen LogP contribution in [0.3, 0.4) is 0 Å². The van der Waals surface area contributed by atoms with Gasteiger partial charge in [0.15, 0.2) is 10.7 Å². The molecule has 0 fully saturated rings. The number of nitrogens with one attached hydrogen (secondary N) is 2. The Bertz CT molecular complexity index is 1250. The number of aromatic nitrogens is 5. The van der Waals surface area contributed by atoms with Gasteiger partial charge in [0.2, 0.25) is 11.9 Å². The van der Waals surface area contributed by atoms with Crippen LogP contribution in [-0.2, 0) is 17.9 Å². The predicted octanol–water partition coefficient (Wildman–Crippen LogP) is -0.246. The first-order valence-electron chi connectivity index (χ1n) is 9.59. The number of rotatable bonds is 7. The Balaban J connectivity index is 1.70. The van der Waals surface area contributed by atoms with Crippen LogP contribution in [0, 0.1) is 0 Å². The van der Waals surface area contributed by atoms with Crippen LogP contribution < -0.4 is 20.8 Å². The molecule has 0 aliphatic rings. The lowest BCUT2D eigenvalue weighted by molar-refractivity contribution is 0.425. The SMILES string of the molecule is CN(C)c1nc(NCc2cccc(B(O)O)c2)nc(-c2n[nH]c3c([S+](N)[O-])cccc23)n1. The molecule has 4 rings (SSSR count). The molecule has 0 radical (unpaired) electrons. The molecule has 164 valence electrons. The Morgan fingerprint density at radius 3 is 2.66 bits per heavy atom. The molecule has 6 N–H and O–H groups in total. The van der Waals surface area contributed by atoms with Gasteiger partial charge in [-0.05, 0) is 17.1 Å². The molecule has 0 bridgehead atoms. The van der Waals surface area contributed by atoms with Crippen molar-refractivity contribution in [2.75, 3.05) is 24.3 Å². The van der Waals surface area contributed by atoms with Crippen molar-refractivity contribution in [2.45, 2.75) is 11.4 Å². The van der Waals surface area contributed by atoms with E-state index in [4.69, 9.17) is 5.14 Å². The third kappa shape index (κ3) is 4.51. The van der Waals surface area contributed by atoms with Crippen molar-refractivity contribution in [1.29, 1.82) is 0 Å². The topological polar surface area (TPSA) is 172 Å². The van der Waals surface area contributed by atoms with Crippen molar-refractivity contribution in [2.24, 2.45) is 5.14 Å². The molecule has 2 aromatic carbocycles. The van der Waals surface area contributed by atoms with E-state index in [1.165, 1.54) is 0 Å². The molecule has 0 aliphatic carbocycles. The summed E-state index contributed by atoms with van der Waals surface area (Å²) in [5, 5.41) is 35.4. The second kappa shape index (κ2) is 9.10. The lowest BCUT2D eigenvalue weighted by Crippen LogP contribution is -2.30. The van der Waals surface area contributed by atoms with Gasteiger partial charge in [-0.25, -0.2) is 0 Å². The van der Waals surface area contributed by atoms with Gasteiger partial charge >= 0.3 is 7.12 Å². The number of benzene rings is 2. The zero-order chi connectivity index (χ0) is 22.8. The minimum absolute atomic E-state index is 0.323. The minimum atomic E-state index is -1.67. The van der Waals surface area contributed by atoms with E-state index in [9.17, 15) is 14.6 Å². The van der Waals surface area contributed by atoms with Gasteiger partial charge in [0.25, 0.3) is 0 Å². The molecule has 1 atom stereocenters. The van der Waals surface area contributed by atoms with E-state index in [0.717, 1.165) is 5.56 Å². The van der Waals surface area contributed by atoms with E-state index in [-0.39, 0.29) is 0 Å². The molecule has 2 heterocycles. The van der Waals surface area contributed by atoms with Gasteiger partial charge in [-0.15, -0.1) is 5.14 Å². The van der Waals surface area contributed by atoms with Crippen molar-refractivity contribution in [3.8, 4) is 11.5 Å². The van der Waals surface area contributed by atoms with E-state index in [1.54, 1.807) is 35.2 Å². The molecule has 1 unspecified atom stereocenters. The Hall–Kier alpha value is -3.23. The fraction of sp³-hybridized carbons (Fsp3) is 0.158. The van der Waals surface area contributed by atoms with Crippen molar-refractivity contribution in [3.05, 3.63) is 48.0 Å². The maximum atomic E-state index is 11.8. The highest BCUT2D eigenvalue weighted by atomic mass is 32.2. The smallest absolute Gasteiger partial charge is 0.488 e. The van der Waals surface area contributed by atoms with Crippen LogP contribution in [0.5, 0.6) is 0 Å². The van der Waals surface area contributed by atoms with E-state index in [1.807, 2.05) is 26.2 Å². The zero-order valence-corrected chi connectivity index (χ0v) is 18.2. The van der Waals surface area contributed by atoms with Crippen molar-refractivity contribution < 1.29 is 14.6 Å². The van der Waals surface area contributed by atoms with Gasteiger partial charge < -0.3 is 24.8 Å². The summed E-state index contributed by atoms with van der Waals surface area (Å²) in [6.07, 6.45) is 0. The van der Waals surface area contributed by atoms with E-state index in [2.05, 4.69) is 30.5 Å². The van der Waals surface area contributed by atoms with Gasteiger partial charge in [-0.3, -0.25) is 5.10 Å². The molecule has 13 heteroatoms. The number of para-hydroxylation sites is 1. The van der Waals surface area contributed by atoms with Crippen LogP contribution >= 0.6 is 0 Å². The summed E-state index contributed by atoms with van der Waals surface area (Å²) in [5.41, 5.74) is 2.25. The number of hydrogen-bond acceptors (Lipinski definition) is 10. The fourth-order valence-electron chi connectivity index (χ4n) is 3.15. The molecule has 0 aliphatic heterocycles. The van der Waals surface area contributed by atoms with Crippen LogP contribution in [0.1, 0.15) is 5.56 Å². The minimum Gasteiger partial charge on any atom is -0.593 e. The van der Waals surface area contributed by atoms with Crippen LogP contribution in [0.15, 0.2) is 47.4 Å². The highest BCUT2D eigenvalue weighted by Crippen LogP contribution is 2.28. The molecule has 32 heavy (non-hydrogen) atoms. The van der Waals surface area contributed by atoms with Crippen molar-refractivity contribution in [1.82, 2.24) is 25.1 Å². The highest BCUT2D eigenvalue weighted by Gasteiger charge is 2.20. The van der Waals surface area contributed by atoms with Crippen LogP contribution in [0.4, 0.5) is 11.9 Å². The second-order valence-corrected chi connectivity index (χ2v) is 8.23. The normalized spacial score (nSPS) is 12.1. The van der Waals surface area contributed by atoms with Crippen molar-refractivity contribution >= 4 is 46.7 Å². The Morgan fingerprint density at radius 1 is 1.16 bits per heavy atom. The maximum Gasteiger partial charge on any atom is 0.488 e. The maximum absolute atomic E-state index is 11.8. The molecule has 0 amide bonds. The first kappa shape index (κ1) is 22.0. The second-order valence-electron chi connectivity index (χ2n) is 7.20. The summed E-state index contributed by atoms with van der Waals surface area (Å²) in [5.74, 6) is 1.08. The van der Waals surface area contributed by atoms with Crippen LogP contribution in [0.25, 0.3) is 22.4 Å². The van der Waals surface area contributed by atoms with Gasteiger partial charge in [0.05, 0.1) is 11.4 Å².